The summed E-state index contributed by atoms with van der Waals surface area (Å²) in [5, 5.41) is 4.54. The fraction of sp³-hybridized carbons (Fsp3) is 0.111. The van der Waals surface area contributed by atoms with Gasteiger partial charge in [-0.25, -0.2) is 4.39 Å². The number of rotatable bonds is 3. The van der Waals surface area contributed by atoms with Crippen LogP contribution in [0.15, 0.2) is 12.1 Å². The van der Waals surface area contributed by atoms with Gasteiger partial charge in [0, 0.05) is 13.0 Å². The Labute approximate surface area is 90.4 Å². The van der Waals surface area contributed by atoms with Crippen LogP contribution in [0, 0.1) is 5.82 Å². The molecule has 0 radical (unpaired) electrons. The van der Waals surface area contributed by atoms with Crippen LogP contribution in [0.4, 0.5) is 15.8 Å². The van der Waals surface area contributed by atoms with E-state index in [1.165, 1.54) is 13.0 Å². The minimum absolute atomic E-state index is 0.129. The summed E-state index contributed by atoms with van der Waals surface area (Å²) in [7, 11) is 0. The van der Waals surface area contributed by atoms with Crippen molar-refractivity contribution in [3.05, 3.63) is 23.0 Å². The summed E-state index contributed by atoms with van der Waals surface area (Å²) < 4.78 is 13.0. The van der Waals surface area contributed by atoms with Crippen molar-refractivity contribution in [2.75, 3.05) is 10.6 Å². The van der Waals surface area contributed by atoms with Crippen molar-refractivity contribution in [1.82, 2.24) is 0 Å². The van der Waals surface area contributed by atoms with Gasteiger partial charge in [0.1, 0.15) is 5.82 Å². The van der Waals surface area contributed by atoms with E-state index in [2.05, 4.69) is 10.6 Å². The molecule has 0 bridgehead atoms. The van der Waals surface area contributed by atoms with E-state index in [-0.39, 0.29) is 22.3 Å². The molecule has 0 aliphatic rings. The zero-order chi connectivity index (χ0) is 11.4. The van der Waals surface area contributed by atoms with Crippen LogP contribution in [0.25, 0.3) is 0 Å². The topological polar surface area (TPSA) is 58.2 Å². The standard InChI is InChI=1S/C9H8ClFN2O2/c1-5(15)13-9-2-6(10)7(11)3-8(9)12-4-14/h2-4H,1H3,(H,12,14)(H,13,15). The molecule has 0 heterocycles. The first kappa shape index (κ1) is 11.5. The lowest BCUT2D eigenvalue weighted by atomic mass is 10.2. The van der Waals surface area contributed by atoms with Gasteiger partial charge < -0.3 is 10.6 Å². The number of amides is 2. The Balaban J connectivity index is 3.14. The van der Waals surface area contributed by atoms with E-state index in [0.717, 1.165) is 6.07 Å². The first-order valence-corrected chi connectivity index (χ1v) is 4.39. The van der Waals surface area contributed by atoms with Crippen molar-refractivity contribution < 1.29 is 14.0 Å². The molecule has 6 heteroatoms. The largest absolute Gasteiger partial charge is 0.327 e. The van der Waals surface area contributed by atoms with E-state index in [1.54, 1.807) is 0 Å². The summed E-state index contributed by atoms with van der Waals surface area (Å²) in [5.41, 5.74) is 0.406. The first-order chi connectivity index (χ1) is 7.04. The third-order valence-corrected chi connectivity index (χ3v) is 1.88. The number of hydrogen-bond donors (Lipinski definition) is 2. The van der Waals surface area contributed by atoms with Crippen LogP contribution in [-0.2, 0) is 9.59 Å². The highest BCUT2D eigenvalue weighted by atomic mass is 35.5. The number of benzene rings is 1. The molecule has 1 aromatic rings. The molecule has 0 aromatic heterocycles. The van der Waals surface area contributed by atoms with E-state index < -0.39 is 5.82 Å². The number of nitrogens with one attached hydrogen (secondary N) is 2. The van der Waals surface area contributed by atoms with E-state index >= 15 is 0 Å². The summed E-state index contributed by atoms with van der Waals surface area (Å²) >= 11 is 5.53. The van der Waals surface area contributed by atoms with Gasteiger partial charge in [0.25, 0.3) is 0 Å². The summed E-state index contributed by atoms with van der Waals surface area (Å²) in [5.74, 6) is -1.01. The summed E-state index contributed by atoms with van der Waals surface area (Å²) in [4.78, 5) is 21.0. The molecule has 0 saturated carbocycles. The maximum absolute atomic E-state index is 13.0. The second-order valence-electron chi connectivity index (χ2n) is 2.76. The lowest BCUT2D eigenvalue weighted by Gasteiger charge is -2.09. The van der Waals surface area contributed by atoms with Crippen LogP contribution in [0.2, 0.25) is 5.02 Å². The molecule has 1 aromatic carbocycles. The highest BCUT2D eigenvalue weighted by Gasteiger charge is 2.09. The quantitative estimate of drug-likeness (QED) is 0.781. The van der Waals surface area contributed by atoms with Crippen LogP contribution in [-0.4, -0.2) is 12.3 Å². The minimum atomic E-state index is -0.671. The molecule has 0 saturated heterocycles. The molecule has 0 atom stereocenters. The van der Waals surface area contributed by atoms with Crippen molar-refractivity contribution in [1.29, 1.82) is 0 Å². The number of carbonyl (C=O) groups excluding carboxylic acids is 2. The van der Waals surface area contributed by atoms with Gasteiger partial charge in [-0.2, -0.15) is 0 Å². The molecule has 0 fully saturated rings. The average Bonchev–Trinajstić information content (AvgIpc) is 2.13. The van der Waals surface area contributed by atoms with Gasteiger partial charge in [-0.15, -0.1) is 0 Å². The highest BCUT2D eigenvalue weighted by Crippen LogP contribution is 2.28. The zero-order valence-corrected chi connectivity index (χ0v) is 8.56. The fourth-order valence-corrected chi connectivity index (χ4v) is 1.19. The second kappa shape index (κ2) is 4.75. The molecule has 15 heavy (non-hydrogen) atoms. The van der Waals surface area contributed by atoms with E-state index in [4.69, 9.17) is 11.6 Å². The van der Waals surface area contributed by atoms with Crippen molar-refractivity contribution in [2.45, 2.75) is 6.92 Å². The van der Waals surface area contributed by atoms with Crippen molar-refractivity contribution >= 4 is 35.3 Å². The Morgan fingerprint density at radius 1 is 1.47 bits per heavy atom. The maximum atomic E-state index is 13.0. The van der Waals surface area contributed by atoms with Crippen LogP contribution >= 0.6 is 11.6 Å². The number of anilines is 2. The first-order valence-electron chi connectivity index (χ1n) is 4.01. The van der Waals surface area contributed by atoms with Crippen molar-refractivity contribution in [3.63, 3.8) is 0 Å². The Morgan fingerprint density at radius 3 is 2.67 bits per heavy atom. The lowest BCUT2D eigenvalue weighted by Crippen LogP contribution is -2.09. The molecule has 0 unspecified atom stereocenters. The van der Waals surface area contributed by atoms with Gasteiger partial charge >= 0.3 is 0 Å². The Morgan fingerprint density at radius 2 is 2.13 bits per heavy atom. The van der Waals surface area contributed by atoms with Gasteiger partial charge in [-0.05, 0) is 6.07 Å². The van der Waals surface area contributed by atoms with Crippen LogP contribution in [0.5, 0.6) is 0 Å². The lowest BCUT2D eigenvalue weighted by molar-refractivity contribution is -0.114. The predicted octanol–water partition coefficient (Wildman–Crippen LogP) is 2.01. The van der Waals surface area contributed by atoms with Crippen molar-refractivity contribution in [3.8, 4) is 0 Å². The normalized spacial score (nSPS) is 9.53. The van der Waals surface area contributed by atoms with Gasteiger partial charge in [0.15, 0.2) is 0 Å². The Bertz CT molecular complexity index is 409. The smallest absolute Gasteiger partial charge is 0.221 e. The molecule has 1 rings (SSSR count). The summed E-state index contributed by atoms with van der Waals surface area (Å²) in [6, 6.07) is 2.26. The van der Waals surface area contributed by atoms with E-state index in [0.29, 0.717) is 6.41 Å². The van der Waals surface area contributed by atoms with Gasteiger partial charge in [-0.3, -0.25) is 9.59 Å². The average molecular weight is 231 g/mol. The third-order valence-electron chi connectivity index (χ3n) is 1.59. The molecule has 0 spiro atoms. The Kier molecular flexibility index (Phi) is 3.62. The van der Waals surface area contributed by atoms with Gasteiger partial charge in [-0.1, -0.05) is 11.6 Å². The number of carbonyl (C=O) groups is 2. The molecule has 4 nitrogen and oxygen atoms in total. The summed E-state index contributed by atoms with van der Waals surface area (Å²) in [6.45, 7) is 1.29. The van der Waals surface area contributed by atoms with Crippen LogP contribution < -0.4 is 10.6 Å². The molecule has 0 aliphatic carbocycles. The predicted molar refractivity (Wildman–Crippen MR) is 55.4 cm³/mol. The van der Waals surface area contributed by atoms with Crippen molar-refractivity contribution in [2.24, 2.45) is 0 Å². The molecule has 80 valence electrons. The molecular weight excluding hydrogens is 223 g/mol. The highest BCUT2D eigenvalue weighted by molar-refractivity contribution is 6.31. The molecule has 0 aliphatic heterocycles. The molecule has 2 N–H and O–H groups in total. The summed E-state index contributed by atoms with van der Waals surface area (Å²) in [6.07, 6.45) is 0.383. The van der Waals surface area contributed by atoms with Gasteiger partial charge in [0.2, 0.25) is 12.3 Å². The fourth-order valence-electron chi connectivity index (χ4n) is 1.02. The van der Waals surface area contributed by atoms with Crippen LogP contribution in [0.3, 0.4) is 0 Å². The maximum Gasteiger partial charge on any atom is 0.221 e. The molecular formula is C9H8ClFN2O2. The van der Waals surface area contributed by atoms with Crippen LogP contribution in [0.1, 0.15) is 6.92 Å². The monoisotopic (exact) mass is 230 g/mol. The zero-order valence-electron chi connectivity index (χ0n) is 7.80. The number of hydrogen-bond acceptors (Lipinski definition) is 2. The molecule has 2 amide bonds. The minimum Gasteiger partial charge on any atom is -0.327 e. The number of halogens is 2. The third kappa shape index (κ3) is 2.92. The SMILES string of the molecule is CC(=O)Nc1cc(Cl)c(F)cc1NC=O. The second-order valence-corrected chi connectivity index (χ2v) is 3.16. The van der Waals surface area contributed by atoms with E-state index in [1.807, 2.05) is 0 Å². The van der Waals surface area contributed by atoms with E-state index in [9.17, 15) is 14.0 Å². The van der Waals surface area contributed by atoms with Gasteiger partial charge in [0.05, 0.1) is 16.4 Å². The Hall–Kier alpha value is -1.62.